The molecule has 0 spiro atoms. The number of pyridine rings is 1. The molecule has 2 heterocycles. The summed E-state index contributed by atoms with van der Waals surface area (Å²) in [6, 6.07) is 12.9. The number of benzene rings is 1. The fraction of sp³-hybridized carbons (Fsp3) is 0.308. The van der Waals surface area contributed by atoms with Gasteiger partial charge in [-0.15, -0.1) is 0 Å². The minimum absolute atomic E-state index is 0.346. The molecule has 3 heteroatoms. The summed E-state index contributed by atoms with van der Waals surface area (Å²) in [5, 5.41) is 8.06. The number of nitrogens with one attached hydrogen (secondary N) is 2. The highest BCUT2D eigenvalue weighted by Gasteiger charge is 2.15. The minimum atomic E-state index is 0.346. The van der Waals surface area contributed by atoms with Crippen molar-refractivity contribution in [2.75, 3.05) is 19.6 Å². The molecular weight excluding hydrogens is 198 g/mol. The monoisotopic (exact) mass is 213 g/mol. The van der Waals surface area contributed by atoms with Gasteiger partial charge in [0.05, 0.1) is 17.3 Å². The van der Waals surface area contributed by atoms with E-state index in [0.29, 0.717) is 6.04 Å². The summed E-state index contributed by atoms with van der Waals surface area (Å²) in [7, 11) is 0. The summed E-state index contributed by atoms with van der Waals surface area (Å²) < 4.78 is 0. The molecule has 16 heavy (non-hydrogen) atoms. The van der Waals surface area contributed by atoms with Crippen molar-refractivity contribution in [1.29, 1.82) is 0 Å². The van der Waals surface area contributed by atoms with Crippen LogP contribution in [0.4, 0.5) is 0 Å². The largest absolute Gasteiger partial charge is 0.314 e. The van der Waals surface area contributed by atoms with Gasteiger partial charge in [0.25, 0.3) is 0 Å². The van der Waals surface area contributed by atoms with Gasteiger partial charge in [0, 0.05) is 25.0 Å². The van der Waals surface area contributed by atoms with Crippen molar-refractivity contribution in [1.82, 2.24) is 15.6 Å². The van der Waals surface area contributed by atoms with Crippen LogP contribution in [0.5, 0.6) is 0 Å². The van der Waals surface area contributed by atoms with Gasteiger partial charge in [0.1, 0.15) is 0 Å². The first kappa shape index (κ1) is 9.75. The third kappa shape index (κ3) is 1.79. The first-order valence-corrected chi connectivity index (χ1v) is 5.73. The van der Waals surface area contributed by atoms with Crippen LogP contribution < -0.4 is 10.6 Å². The van der Waals surface area contributed by atoms with Crippen LogP contribution in [-0.4, -0.2) is 24.6 Å². The van der Waals surface area contributed by atoms with Gasteiger partial charge in [0.2, 0.25) is 0 Å². The van der Waals surface area contributed by atoms with E-state index in [2.05, 4.69) is 34.9 Å². The van der Waals surface area contributed by atoms with E-state index in [1.54, 1.807) is 0 Å². The molecule has 1 atom stereocenters. The lowest BCUT2D eigenvalue weighted by atomic mass is 10.1. The highest BCUT2D eigenvalue weighted by molar-refractivity contribution is 5.78. The maximum absolute atomic E-state index is 4.70. The smallest absolute Gasteiger partial charge is 0.0706 e. The van der Waals surface area contributed by atoms with Crippen molar-refractivity contribution < 1.29 is 0 Å². The Labute approximate surface area is 94.9 Å². The molecule has 82 valence electrons. The normalized spacial score (nSPS) is 21.1. The molecule has 0 unspecified atom stereocenters. The molecule has 1 fully saturated rings. The van der Waals surface area contributed by atoms with Crippen molar-refractivity contribution in [3.63, 3.8) is 0 Å². The number of fused-ring (bicyclic) bond motifs is 1. The zero-order chi connectivity index (χ0) is 10.8. The first-order chi connectivity index (χ1) is 7.93. The fourth-order valence-corrected chi connectivity index (χ4v) is 2.14. The lowest BCUT2D eigenvalue weighted by molar-refractivity contribution is 0.424. The highest BCUT2D eigenvalue weighted by Crippen LogP contribution is 2.16. The lowest BCUT2D eigenvalue weighted by Crippen LogP contribution is -2.42. The van der Waals surface area contributed by atoms with Crippen LogP contribution in [0.3, 0.4) is 0 Å². The number of hydrogen-bond donors (Lipinski definition) is 2. The van der Waals surface area contributed by atoms with Crippen LogP contribution in [0.1, 0.15) is 11.7 Å². The molecule has 1 saturated heterocycles. The standard InChI is InChI=1S/C13H15N3/c1-2-4-11-10(3-1)5-6-12(16-11)13-9-14-7-8-15-13/h1-6,13-15H,7-9H2/t13-/m1/s1. The number of rotatable bonds is 1. The number of aromatic nitrogens is 1. The SMILES string of the molecule is c1ccc2nc([C@H]3CNCCN3)ccc2c1. The van der Waals surface area contributed by atoms with Gasteiger partial charge in [-0.1, -0.05) is 24.3 Å². The molecular formula is C13H15N3. The number of piperazine rings is 1. The van der Waals surface area contributed by atoms with Crippen LogP contribution in [0, 0.1) is 0 Å². The van der Waals surface area contributed by atoms with Crippen molar-refractivity contribution in [2.45, 2.75) is 6.04 Å². The van der Waals surface area contributed by atoms with Crippen LogP contribution in [-0.2, 0) is 0 Å². The third-order valence-electron chi connectivity index (χ3n) is 3.02. The Morgan fingerprint density at radius 1 is 1.06 bits per heavy atom. The third-order valence-corrected chi connectivity index (χ3v) is 3.02. The lowest BCUT2D eigenvalue weighted by Gasteiger charge is -2.24. The molecule has 0 amide bonds. The summed E-state index contributed by atoms with van der Waals surface area (Å²) in [6.07, 6.45) is 0. The van der Waals surface area contributed by atoms with Gasteiger partial charge in [-0.25, -0.2) is 0 Å². The Balaban J connectivity index is 1.97. The van der Waals surface area contributed by atoms with Gasteiger partial charge in [-0.3, -0.25) is 4.98 Å². The van der Waals surface area contributed by atoms with Crippen LogP contribution in [0.15, 0.2) is 36.4 Å². The van der Waals surface area contributed by atoms with Crippen molar-refractivity contribution in [3.05, 3.63) is 42.1 Å². The number of nitrogens with zero attached hydrogens (tertiary/aromatic N) is 1. The van der Waals surface area contributed by atoms with E-state index in [-0.39, 0.29) is 0 Å². The molecule has 1 aromatic heterocycles. The average molecular weight is 213 g/mol. The summed E-state index contributed by atoms with van der Waals surface area (Å²) in [4.78, 5) is 4.70. The maximum Gasteiger partial charge on any atom is 0.0706 e. The zero-order valence-electron chi connectivity index (χ0n) is 9.11. The molecule has 2 aromatic rings. The molecule has 0 saturated carbocycles. The van der Waals surface area contributed by atoms with E-state index in [9.17, 15) is 0 Å². The highest BCUT2D eigenvalue weighted by atomic mass is 15.1. The number of para-hydroxylation sites is 1. The average Bonchev–Trinajstić information content (AvgIpc) is 2.39. The van der Waals surface area contributed by atoms with Gasteiger partial charge in [-0.05, 0) is 12.1 Å². The quantitative estimate of drug-likeness (QED) is 0.753. The predicted octanol–water partition coefficient (Wildman–Crippen LogP) is 1.47. The summed E-state index contributed by atoms with van der Waals surface area (Å²) in [5.74, 6) is 0. The van der Waals surface area contributed by atoms with E-state index in [0.717, 1.165) is 30.8 Å². The molecule has 1 aliphatic rings. The first-order valence-electron chi connectivity index (χ1n) is 5.73. The minimum Gasteiger partial charge on any atom is -0.314 e. The molecule has 3 nitrogen and oxygen atoms in total. The van der Waals surface area contributed by atoms with E-state index in [1.165, 1.54) is 5.39 Å². The number of hydrogen-bond acceptors (Lipinski definition) is 3. The Morgan fingerprint density at radius 2 is 2.00 bits per heavy atom. The molecule has 0 aliphatic carbocycles. The predicted molar refractivity (Wildman–Crippen MR) is 65.4 cm³/mol. The molecule has 1 aliphatic heterocycles. The Kier molecular flexibility index (Phi) is 2.56. The Morgan fingerprint density at radius 3 is 2.88 bits per heavy atom. The Hall–Kier alpha value is -1.45. The van der Waals surface area contributed by atoms with Crippen molar-refractivity contribution >= 4 is 10.9 Å². The second kappa shape index (κ2) is 4.20. The molecule has 3 rings (SSSR count). The Bertz CT molecular complexity index is 489. The van der Waals surface area contributed by atoms with Crippen molar-refractivity contribution in [3.8, 4) is 0 Å². The second-order valence-corrected chi connectivity index (χ2v) is 4.14. The van der Waals surface area contributed by atoms with E-state index >= 15 is 0 Å². The van der Waals surface area contributed by atoms with Crippen molar-refractivity contribution in [2.24, 2.45) is 0 Å². The van der Waals surface area contributed by atoms with E-state index in [1.807, 2.05) is 12.1 Å². The summed E-state index contributed by atoms with van der Waals surface area (Å²) in [5.41, 5.74) is 2.21. The second-order valence-electron chi connectivity index (χ2n) is 4.14. The fourth-order valence-electron chi connectivity index (χ4n) is 2.14. The van der Waals surface area contributed by atoms with Crippen LogP contribution >= 0.6 is 0 Å². The van der Waals surface area contributed by atoms with Gasteiger partial charge < -0.3 is 10.6 Å². The topological polar surface area (TPSA) is 37.0 Å². The van der Waals surface area contributed by atoms with Gasteiger partial charge in [0.15, 0.2) is 0 Å². The maximum atomic E-state index is 4.70. The zero-order valence-corrected chi connectivity index (χ0v) is 9.11. The molecule has 2 N–H and O–H groups in total. The molecule has 0 bridgehead atoms. The molecule has 1 aromatic carbocycles. The summed E-state index contributed by atoms with van der Waals surface area (Å²) >= 11 is 0. The van der Waals surface area contributed by atoms with Gasteiger partial charge in [-0.2, -0.15) is 0 Å². The van der Waals surface area contributed by atoms with Crippen LogP contribution in [0.2, 0.25) is 0 Å². The van der Waals surface area contributed by atoms with Crippen LogP contribution in [0.25, 0.3) is 10.9 Å². The van der Waals surface area contributed by atoms with E-state index < -0.39 is 0 Å². The molecule has 0 radical (unpaired) electrons. The summed E-state index contributed by atoms with van der Waals surface area (Å²) in [6.45, 7) is 3.02. The van der Waals surface area contributed by atoms with Gasteiger partial charge >= 0.3 is 0 Å². The van der Waals surface area contributed by atoms with E-state index in [4.69, 9.17) is 4.98 Å².